The molecule has 138 valence electrons. The molecule has 1 fully saturated rings. The average molecular weight is 359 g/mol. The lowest BCUT2D eigenvalue weighted by molar-refractivity contribution is -0.118. The fraction of sp³-hybridized carbons (Fsp3) is 0.765. The molecule has 1 aromatic heterocycles. The van der Waals surface area contributed by atoms with Crippen molar-refractivity contribution in [2.24, 2.45) is 5.92 Å². The van der Waals surface area contributed by atoms with Crippen LogP contribution in [0.3, 0.4) is 0 Å². The van der Waals surface area contributed by atoms with Gasteiger partial charge in [-0.3, -0.25) is 10.1 Å². The third kappa shape index (κ3) is 4.32. The number of amides is 1. The summed E-state index contributed by atoms with van der Waals surface area (Å²) >= 11 is 0. The molecule has 1 amide bonds. The van der Waals surface area contributed by atoms with Crippen molar-refractivity contribution in [3.05, 3.63) is 11.8 Å². The van der Waals surface area contributed by atoms with Crippen LogP contribution in [0.2, 0.25) is 0 Å². The second-order valence-corrected chi connectivity index (χ2v) is 10.9. The van der Waals surface area contributed by atoms with Crippen LogP contribution in [-0.4, -0.2) is 45.6 Å². The highest BCUT2D eigenvalue weighted by atomic mass is 32.3. The van der Waals surface area contributed by atoms with Crippen LogP contribution in [0.1, 0.15) is 52.1 Å². The van der Waals surface area contributed by atoms with Crippen molar-refractivity contribution in [1.82, 2.24) is 5.16 Å². The summed E-state index contributed by atoms with van der Waals surface area (Å²) in [5, 5.41) is 6.72. The minimum atomic E-state index is -2.12. The maximum Gasteiger partial charge on any atom is 0.242 e. The first-order valence-corrected chi connectivity index (χ1v) is 10.6. The summed E-state index contributed by atoms with van der Waals surface area (Å²) in [6, 6.07) is 1.74. The molecule has 0 aromatic carbocycles. The van der Waals surface area contributed by atoms with Crippen LogP contribution in [0.15, 0.2) is 10.6 Å². The smallest absolute Gasteiger partial charge is 0.242 e. The van der Waals surface area contributed by atoms with Gasteiger partial charge in [0.2, 0.25) is 11.8 Å². The summed E-state index contributed by atoms with van der Waals surface area (Å²) in [4.78, 5) is 12.7. The Hall–Kier alpha value is -1.05. The lowest BCUT2D eigenvalue weighted by Gasteiger charge is -2.45. The number of nitrogens with zero attached hydrogens (tertiary/aromatic N) is 1. The Kier molecular flexibility index (Phi) is 5.99. The molecular formula is C17H30N2O4S. The van der Waals surface area contributed by atoms with Crippen LogP contribution in [0.5, 0.6) is 0 Å². The van der Waals surface area contributed by atoms with Crippen LogP contribution in [0.4, 0.5) is 5.88 Å². The standard InChI is InChI=1S/C17H30N2O4S/c1-12(2)14-10-15(23-19-14)18-16(20)17(3,4)24(5,21)11-13-6-8-22-9-7-13/h10,12-13,21H,6-9,11H2,1-5H3,(H,18,20). The number of rotatable bonds is 6. The molecule has 0 aliphatic carbocycles. The van der Waals surface area contributed by atoms with Crippen LogP contribution in [0.25, 0.3) is 0 Å². The molecule has 0 saturated carbocycles. The van der Waals surface area contributed by atoms with E-state index in [1.807, 2.05) is 20.1 Å². The Labute approximate surface area is 145 Å². The van der Waals surface area contributed by atoms with Gasteiger partial charge in [0.25, 0.3) is 0 Å². The highest BCUT2D eigenvalue weighted by Crippen LogP contribution is 2.55. The number of ether oxygens (including phenoxy) is 1. The molecule has 7 heteroatoms. The third-order valence-corrected chi connectivity index (χ3v) is 8.41. The number of carbonyl (C=O) groups is 1. The van der Waals surface area contributed by atoms with E-state index in [0.29, 0.717) is 17.6 Å². The van der Waals surface area contributed by atoms with Crippen molar-refractivity contribution in [3.8, 4) is 0 Å². The van der Waals surface area contributed by atoms with Crippen molar-refractivity contribution >= 4 is 22.1 Å². The van der Waals surface area contributed by atoms with Crippen molar-refractivity contribution in [2.75, 3.05) is 30.5 Å². The van der Waals surface area contributed by atoms with Gasteiger partial charge in [0, 0.05) is 25.0 Å². The molecule has 1 aliphatic rings. The molecule has 1 aliphatic heterocycles. The molecule has 2 rings (SSSR count). The molecule has 2 heterocycles. The van der Waals surface area contributed by atoms with Crippen molar-refractivity contribution in [1.29, 1.82) is 0 Å². The molecular weight excluding hydrogens is 328 g/mol. The van der Waals surface area contributed by atoms with E-state index in [1.165, 1.54) is 0 Å². The summed E-state index contributed by atoms with van der Waals surface area (Å²) in [6.07, 6.45) is 3.71. The van der Waals surface area contributed by atoms with Crippen molar-refractivity contribution < 1.29 is 18.6 Å². The second-order valence-electron chi connectivity index (χ2n) is 7.50. The highest BCUT2D eigenvalue weighted by molar-refractivity contribution is 8.30. The van der Waals surface area contributed by atoms with Gasteiger partial charge in [-0.05, 0) is 44.8 Å². The van der Waals surface area contributed by atoms with E-state index in [1.54, 1.807) is 19.9 Å². The maximum atomic E-state index is 12.7. The van der Waals surface area contributed by atoms with E-state index < -0.39 is 15.1 Å². The summed E-state index contributed by atoms with van der Waals surface area (Å²) in [6.45, 7) is 9.10. The van der Waals surface area contributed by atoms with Crippen LogP contribution >= 0.6 is 10.3 Å². The Bertz CT molecular complexity index is 563. The molecule has 0 radical (unpaired) electrons. The van der Waals surface area contributed by atoms with Gasteiger partial charge in [0.1, 0.15) is 0 Å². The van der Waals surface area contributed by atoms with E-state index >= 15 is 0 Å². The molecule has 1 atom stereocenters. The normalized spacial score (nSPS) is 20.6. The summed E-state index contributed by atoms with van der Waals surface area (Å²) in [5.41, 5.74) is 0.796. The maximum absolute atomic E-state index is 12.7. The van der Waals surface area contributed by atoms with E-state index in [4.69, 9.17) is 9.26 Å². The summed E-state index contributed by atoms with van der Waals surface area (Å²) in [7, 11) is -2.12. The SMILES string of the molecule is CC(C)c1cc(NC(=O)C(C)(C)S(C)(O)CC2CCOCC2)on1. The Morgan fingerprint density at radius 3 is 2.62 bits per heavy atom. The fourth-order valence-electron chi connectivity index (χ4n) is 2.66. The first-order valence-electron chi connectivity index (χ1n) is 8.47. The highest BCUT2D eigenvalue weighted by Gasteiger charge is 2.43. The van der Waals surface area contributed by atoms with Gasteiger partial charge >= 0.3 is 0 Å². The van der Waals surface area contributed by atoms with Gasteiger partial charge in [0.15, 0.2) is 0 Å². The molecule has 6 nitrogen and oxygen atoms in total. The largest absolute Gasteiger partial charge is 0.381 e. The zero-order chi connectivity index (χ0) is 18.0. The van der Waals surface area contributed by atoms with E-state index in [0.717, 1.165) is 31.7 Å². The van der Waals surface area contributed by atoms with Crippen molar-refractivity contribution in [2.45, 2.75) is 51.2 Å². The summed E-state index contributed by atoms with van der Waals surface area (Å²) < 4.78 is 20.8. The minimum absolute atomic E-state index is 0.231. The van der Waals surface area contributed by atoms with E-state index in [-0.39, 0.29) is 11.8 Å². The molecule has 0 spiro atoms. The van der Waals surface area contributed by atoms with Crippen LogP contribution < -0.4 is 5.32 Å². The minimum Gasteiger partial charge on any atom is -0.381 e. The quantitative estimate of drug-likeness (QED) is 0.807. The Morgan fingerprint density at radius 1 is 1.46 bits per heavy atom. The van der Waals surface area contributed by atoms with Crippen LogP contribution in [-0.2, 0) is 9.53 Å². The van der Waals surface area contributed by atoms with Gasteiger partial charge in [-0.1, -0.05) is 19.0 Å². The lowest BCUT2D eigenvalue weighted by Crippen LogP contribution is -2.43. The molecule has 1 aromatic rings. The second kappa shape index (κ2) is 7.45. The van der Waals surface area contributed by atoms with Crippen LogP contribution in [0, 0.1) is 5.92 Å². The zero-order valence-electron chi connectivity index (χ0n) is 15.3. The first kappa shape index (κ1) is 19.3. The van der Waals surface area contributed by atoms with E-state index in [9.17, 15) is 9.35 Å². The van der Waals surface area contributed by atoms with Crippen molar-refractivity contribution in [3.63, 3.8) is 0 Å². The number of hydrogen-bond acceptors (Lipinski definition) is 5. The lowest BCUT2D eigenvalue weighted by atomic mass is 10.0. The van der Waals surface area contributed by atoms with Gasteiger partial charge in [0.05, 0.1) is 10.4 Å². The monoisotopic (exact) mass is 358 g/mol. The molecule has 1 unspecified atom stereocenters. The molecule has 24 heavy (non-hydrogen) atoms. The van der Waals surface area contributed by atoms with Gasteiger partial charge in [-0.25, -0.2) is 0 Å². The Morgan fingerprint density at radius 2 is 2.08 bits per heavy atom. The number of aromatic nitrogens is 1. The predicted molar refractivity (Wildman–Crippen MR) is 97.9 cm³/mol. The van der Waals surface area contributed by atoms with Gasteiger partial charge < -0.3 is 13.8 Å². The van der Waals surface area contributed by atoms with Gasteiger partial charge in [-0.2, -0.15) is 0 Å². The number of carbonyl (C=O) groups excluding carboxylic acids is 1. The molecule has 0 bridgehead atoms. The number of anilines is 1. The van der Waals surface area contributed by atoms with E-state index in [2.05, 4.69) is 10.5 Å². The molecule has 1 saturated heterocycles. The number of hydrogen-bond donors (Lipinski definition) is 2. The number of nitrogens with one attached hydrogen (secondary N) is 1. The predicted octanol–water partition coefficient (Wildman–Crippen LogP) is 3.85. The average Bonchev–Trinajstić information content (AvgIpc) is 2.96. The topological polar surface area (TPSA) is 84.6 Å². The fourth-order valence-corrected chi connectivity index (χ4v) is 4.78. The first-order chi connectivity index (χ1) is 11.1. The summed E-state index contributed by atoms with van der Waals surface area (Å²) in [5.74, 6) is 1.40. The zero-order valence-corrected chi connectivity index (χ0v) is 16.1. The Balaban J connectivity index is 2.03. The van der Waals surface area contributed by atoms with Gasteiger partial charge in [-0.15, -0.1) is 10.3 Å². The molecule has 2 N–H and O–H groups in total. The third-order valence-electron chi connectivity index (χ3n) is 4.90.